The molecule has 88 valence electrons. The number of methoxy groups -OCH3 is 1. The SMILES string of the molecule is COC(=O)c1c[nH]c2c(Cl)ccc(Br)c2c1=O. The zero-order valence-corrected chi connectivity index (χ0v) is 11.1. The molecular formula is C11H7BrClNO3. The molecule has 1 heterocycles. The molecule has 0 spiro atoms. The normalized spacial score (nSPS) is 10.5. The van der Waals surface area contributed by atoms with Crippen molar-refractivity contribution in [3.05, 3.63) is 43.6 Å². The van der Waals surface area contributed by atoms with Crippen molar-refractivity contribution in [2.24, 2.45) is 0 Å². The molecule has 1 aromatic carbocycles. The molecule has 1 aromatic heterocycles. The Balaban J connectivity index is 2.89. The molecule has 2 rings (SSSR count). The van der Waals surface area contributed by atoms with Gasteiger partial charge >= 0.3 is 5.97 Å². The number of aromatic amines is 1. The molecule has 0 fully saturated rings. The van der Waals surface area contributed by atoms with Gasteiger partial charge in [-0.1, -0.05) is 11.6 Å². The largest absolute Gasteiger partial charge is 0.465 e. The first kappa shape index (κ1) is 12.1. The van der Waals surface area contributed by atoms with E-state index in [2.05, 4.69) is 25.7 Å². The predicted octanol–water partition coefficient (Wildman–Crippen LogP) is 2.73. The van der Waals surface area contributed by atoms with Crippen LogP contribution < -0.4 is 5.43 Å². The average molecular weight is 317 g/mol. The molecule has 0 bridgehead atoms. The van der Waals surface area contributed by atoms with Crippen molar-refractivity contribution in [2.45, 2.75) is 0 Å². The molecule has 0 radical (unpaired) electrons. The van der Waals surface area contributed by atoms with E-state index in [4.69, 9.17) is 11.6 Å². The van der Waals surface area contributed by atoms with Crippen LogP contribution in [0.15, 0.2) is 27.6 Å². The van der Waals surface area contributed by atoms with E-state index in [0.29, 0.717) is 20.4 Å². The van der Waals surface area contributed by atoms with E-state index in [1.165, 1.54) is 13.3 Å². The Hall–Kier alpha value is -1.33. The minimum Gasteiger partial charge on any atom is -0.465 e. The van der Waals surface area contributed by atoms with Crippen molar-refractivity contribution in [1.82, 2.24) is 4.98 Å². The van der Waals surface area contributed by atoms with Crippen LogP contribution in [0.1, 0.15) is 10.4 Å². The summed E-state index contributed by atoms with van der Waals surface area (Å²) in [6, 6.07) is 3.31. The zero-order valence-electron chi connectivity index (χ0n) is 8.71. The third-order valence-electron chi connectivity index (χ3n) is 2.34. The number of hydrogen-bond donors (Lipinski definition) is 1. The van der Waals surface area contributed by atoms with E-state index >= 15 is 0 Å². The lowest BCUT2D eigenvalue weighted by atomic mass is 10.1. The maximum atomic E-state index is 12.1. The summed E-state index contributed by atoms with van der Waals surface area (Å²) in [6.45, 7) is 0. The number of halogens is 2. The Morgan fingerprint density at radius 3 is 2.82 bits per heavy atom. The molecule has 0 saturated heterocycles. The molecule has 0 aliphatic rings. The predicted molar refractivity (Wildman–Crippen MR) is 68.6 cm³/mol. The molecular weight excluding hydrogens is 309 g/mol. The fourth-order valence-electron chi connectivity index (χ4n) is 1.52. The Morgan fingerprint density at radius 2 is 2.18 bits per heavy atom. The number of carbonyl (C=O) groups excluding carboxylic acids is 1. The van der Waals surface area contributed by atoms with Gasteiger partial charge in [-0.3, -0.25) is 4.79 Å². The van der Waals surface area contributed by atoms with Gasteiger partial charge in [0.15, 0.2) is 0 Å². The van der Waals surface area contributed by atoms with Crippen molar-refractivity contribution in [1.29, 1.82) is 0 Å². The van der Waals surface area contributed by atoms with E-state index in [1.54, 1.807) is 12.1 Å². The van der Waals surface area contributed by atoms with Crippen LogP contribution in [0.3, 0.4) is 0 Å². The van der Waals surface area contributed by atoms with Crippen molar-refractivity contribution in [3.8, 4) is 0 Å². The van der Waals surface area contributed by atoms with E-state index in [0.717, 1.165) is 0 Å². The van der Waals surface area contributed by atoms with Gasteiger partial charge in [-0.15, -0.1) is 0 Å². The molecule has 17 heavy (non-hydrogen) atoms. The highest BCUT2D eigenvalue weighted by Crippen LogP contribution is 2.26. The summed E-state index contributed by atoms with van der Waals surface area (Å²) in [5, 5.41) is 0.747. The lowest BCUT2D eigenvalue weighted by Crippen LogP contribution is -2.17. The molecule has 4 nitrogen and oxygen atoms in total. The lowest BCUT2D eigenvalue weighted by molar-refractivity contribution is 0.0599. The monoisotopic (exact) mass is 315 g/mol. The highest BCUT2D eigenvalue weighted by Gasteiger charge is 2.16. The number of ether oxygens (including phenoxy) is 1. The number of rotatable bonds is 1. The maximum absolute atomic E-state index is 12.1. The number of carbonyl (C=O) groups is 1. The van der Waals surface area contributed by atoms with Gasteiger partial charge in [0.05, 0.1) is 23.0 Å². The highest BCUT2D eigenvalue weighted by atomic mass is 79.9. The molecule has 2 aromatic rings. The molecule has 0 saturated carbocycles. The number of fused-ring (bicyclic) bond motifs is 1. The number of benzene rings is 1. The van der Waals surface area contributed by atoms with Crippen LogP contribution in [-0.4, -0.2) is 18.1 Å². The number of aromatic nitrogens is 1. The molecule has 0 aliphatic heterocycles. The van der Waals surface area contributed by atoms with E-state index in [1.807, 2.05) is 0 Å². The minimum atomic E-state index is -0.681. The van der Waals surface area contributed by atoms with Crippen molar-refractivity contribution in [3.63, 3.8) is 0 Å². The second kappa shape index (κ2) is 4.50. The smallest absolute Gasteiger partial charge is 0.343 e. The fraction of sp³-hybridized carbons (Fsp3) is 0.0909. The average Bonchev–Trinajstić information content (AvgIpc) is 2.33. The Labute approximate surface area is 110 Å². The van der Waals surface area contributed by atoms with Crippen LogP contribution >= 0.6 is 27.5 Å². The van der Waals surface area contributed by atoms with Crippen LogP contribution in [0.4, 0.5) is 0 Å². The van der Waals surface area contributed by atoms with Gasteiger partial charge in [-0.2, -0.15) is 0 Å². The van der Waals surface area contributed by atoms with Crippen molar-refractivity contribution in [2.75, 3.05) is 7.11 Å². The summed E-state index contributed by atoms with van der Waals surface area (Å²) in [6.07, 6.45) is 1.30. The zero-order chi connectivity index (χ0) is 12.6. The van der Waals surface area contributed by atoms with Gasteiger partial charge in [0.1, 0.15) is 5.56 Å². The van der Waals surface area contributed by atoms with E-state index < -0.39 is 11.4 Å². The van der Waals surface area contributed by atoms with Crippen molar-refractivity contribution >= 4 is 44.4 Å². The summed E-state index contributed by atoms with van der Waals surface area (Å²) in [4.78, 5) is 26.3. The molecule has 0 unspecified atom stereocenters. The van der Waals surface area contributed by atoms with Gasteiger partial charge < -0.3 is 9.72 Å². The second-order valence-corrected chi connectivity index (χ2v) is 4.56. The van der Waals surface area contributed by atoms with Crippen LogP contribution in [0.25, 0.3) is 10.9 Å². The minimum absolute atomic E-state index is 0.0528. The summed E-state index contributed by atoms with van der Waals surface area (Å²) < 4.78 is 5.10. The summed E-state index contributed by atoms with van der Waals surface area (Å²) in [5.41, 5.74) is 0.0154. The third kappa shape index (κ3) is 1.96. The Kier molecular flexibility index (Phi) is 3.22. The van der Waals surface area contributed by atoms with Crippen LogP contribution in [0.2, 0.25) is 5.02 Å². The maximum Gasteiger partial charge on any atom is 0.343 e. The summed E-state index contributed by atoms with van der Waals surface area (Å²) >= 11 is 9.22. The van der Waals surface area contributed by atoms with Gasteiger partial charge in [0.2, 0.25) is 5.43 Å². The highest BCUT2D eigenvalue weighted by molar-refractivity contribution is 9.10. The molecule has 0 amide bonds. The van der Waals surface area contributed by atoms with Gasteiger partial charge in [-0.05, 0) is 28.1 Å². The number of esters is 1. The molecule has 0 aliphatic carbocycles. The number of nitrogens with one attached hydrogen (secondary N) is 1. The first-order valence-corrected chi connectivity index (χ1v) is 5.81. The van der Waals surface area contributed by atoms with Gasteiger partial charge in [-0.25, -0.2) is 4.79 Å². The van der Waals surface area contributed by atoms with Gasteiger partial charge in [0.25, 0.3) is 0 Å². The number of pyridine rings is 1. The molecule has 6 heteroatoms. The molecule has 1 N–H and O–H groups in total. The van der Waals surface area contributed by atoms with Crippen LogP contribution in [-0.2, 0) is 4.74 Å². The number of hydrogen-bond acceptors (Lipinski definition) is 3. The topological polar surface area (TPSA) is 59.2 Å². The Bertz CT molecular complexity index is 666. The van der Waals surface area contributed by atoms with Crippen molar-refractivity contribution < 1.29 is 9.53 Å². The number of H-pyrrole nitrogens is 1. The van der Waals surface area contributed by atoms with Crippen LogP contribution in [0.5, 0.6) is 0 Å². The summed E-state index contributed by atoms with van der Waals surface area (Å²) in [5.74, 6) is -0.681. The van der Waals surface area contributed by atoms with E-state index in [-0.39, 0.29) is 5.56 Å². The first-order valence-electron chi connectivity index (χ1n) is 4.64. The Morgan fingerprint density at radius 1 is 1.47 bits per heavy atom. The fourth-order valence-corrected chi connectivity index (χ4v) is 2.24. The third-order valence-corrected chi connectivity index (χ3v) is 3.32. The standard InChI is InChI=1S/C11H7BrClNO3/c1-17-11(16)5-4-14-9-7(13)3-2-6(12)8(9)10(5)15/h2-4H,1H3,(H,14,15). The first-order chi connectivity index (χ1) is 8.06. The lowest BCUT2D eigenvalue weighted by Gasteiger charge is -2.04. The van der Waals surface area contributed by atoms with Gasteiger partial charge in [0, 0.05) is 10.7 Å². The van der Waals surface area contributed by atoms with E-state index in [9.17, 15) is 9.59 Å². The van der Waals surface area contributed by atoms with Crippen LogP contribution in [0, 0.1) is 0 Å². The quantitative estimate of drug-likeness (QED) is 0.823. The second-order valence-electron chi connectivity index (χ2n) is 3.30. The summed E-state index contributed by atoms with van der Waals surface area (Å²) in [7, 11) is 1.22. The molecule has 0 atom stereocenters.